The van der Waals surface area contributed by atoms with Gasteiger partial charge in [0.05, 0.1) is 7.11 Å². The monoisotopic (exact) mass is 278 g/mol. The molecule has 0 saturated carbocycles. The molecule has 0 aromatic heterocycles. The number of hydrogen-bond acceptors (Lipinski definition) is 2. The van der Waals surface area contributed by atoms with Crippen molar-refractivity contribution in [2.75, 3.05) is 7.11 Å². The molecule has 0 aliphatic rings. The van der Waals surface area contributed by atoms with Gasteiger partial charge in [-0.05, 0) is 52.4 Å². The van der Waals surface area contributed by atoms with Gasteiger partial charge in [-0.2, -0.15) is 0 Å². The number of allylic oxidation sites excluding steroid dienone is 5. The number of rotatable bonds is 9. The van der Waals surface area contributed by atoms with Crippen molar-refractivity contribution >= 4 is 5.97 Å². The summed E-state index contributed by atoms with van der Waals surface area (Å²) in [6, 6.07) is 0. The maximum absolute atomic E-state index is 11.1. The van der Waals surface area contributed by atoms with Gasteiger partial charge in [0.25, 0.3) is 0 Å². The smallest absolute Gasteiger partial charge is 0.330 e. The molecule has 0 N–H and O–H groups in total. The molecule has 0 aromatic carbocycles. The first-order chi connectivity index (χ1) is 9.53. The fourth-order valence-corrected chi connectivity index (χ4v) is 1.91. The van der Waals surface area contributed by atoms with Crippen LogP contribution in [0.4, 0.5) is 0 Å². The van der Waals surface area contributed by atoms with Crippen molar-refractivity contribution < 1.29 is 9.53 Å². The molecule has 0 bridgehead atoms. The van der Waals surface area contributed by atoms with E-state index in [1.165, 1.54) is 18.3 Å². The summed E-state index contributed by atoms with van der Waals surface area (Å²) in [6.45, 7) is 8.57. The zero-order valence-electron chi connectivity index (χ0n) is 13.8. The normalized spacial score (nSPS) is 13.6. The quantitative estimate of drug-likeness (QED) is 0.322. The van der Waals surface area contributed by atoms with Crippen LogP contribution >= 0.6 is 0 Å². The van der Waals surface area contributed by atoms with Gasteiger partial charge in [0.2, 0.25) is 0 Å². The highest BCUT2D eigenvalue weighted by atomic mass is 16.5. The summed E-state index contributed by atoms with van der Waals surface area (Å²) in [7, 11) is 1.41. The van der Waals surface area contributed by atoms with Gasteiger partial charge >= 0.3 is 5.97 Å². The molecule has 0 rings (SSSR count). The fraction of sp³-hybridized carbons (Fsp3) is 0.611. The largest absolute Gasteiger partial charge is 0.466 e. The van der Waals surface area contributed by atoms with E-state index in [-0.39, 0.29) is 5.97 Å². The minimum Gasteiger partial charge on any atom is -0.466 e. The van der Waals surface area contributed by atoms with E-state index < -0.39 is 0 Å². The van der Waals surface area contributed by atoms with E-state index in [0.29, 0.717) is 0 Å². The van der Waals surface area contributed by atoms with Crippen LogP contribution < -0.4 is 0 Å². The van der Waals surface area contributed by atoms with Crippen LogP contribution in [-0.4, -0.2) is 13.1 Å². The summed E-state index contributed by atoms with van der Waals surface area (Å²) in [4.78, 5) is 11.1. The lowest BCUT2D eigenvalue weighted by molar-refractivity contribution is -0.134. The molecule has 0 aliphatic heterocycles. The molecule has 2 heteroatoms. The lowest BCUT2D eigenvalue weighted by Crippen LogP contribution is -1.95. The first-order valence-corrected chi connectivity index (χ1v) is 7.62. The van der Waals surface area contributed by atoms with Crippen LogP contribution in [0.15, 0.2) is 34.9 Å². The minimum atomic E-state index is -0.262. The molecule has 0 aromatic rings. The van der Waals surface area contributed by atoms with Crippen LogP contribution in [-0.2, 0) is 9.53 Å². The van der Waals surface area contributed by atoms with Gasteiger partial charge in [0, 0.05) is 6.08 Å². The van der Waals surface area contributed by atoms with Gasteiger partial charge in [-0.3, -0.25) is 0 Å². The maximum Gasteiger partial charge on any atom is 0.330 e. The molecule has 0 saturated heterocycles. The van der Waals surface area contributed by atoms with Crippen molar-refractivity contribution in [1.29, 1.82) is 0 Å². The zero-order chi connectivity index (χ0) is 15.4. The Kier molecular flexibility index (Phi) is 10.8. The average molecular weight is 278 g/mol. The van der Waals surface area contributed by atoms with Crippen LogP contribution in [0.3, 0.4) is 0 Å². The highest BCUT2D eigenvalue weighted by Crippen LogP contribution is 2.15. The molecule has 0 fully saturated rings. The minimum absolute atomic E-state index is 0.262. The molecule has 0 radical (unpaired) electrons. The van der Waals surface area contributed by atoms with E-state index in [9.17, 15) is 4.79 Å². The summed E-state index contributed by atoms with van der Waals surface area (Å²) in [5.74, 6) is -0.262. The highest BCUT2D eigenvalue weighted by Gasteiger charge is 1.98. The Morgan fingerprint density at radius 3 is 2.15 bits per heavy atom. The second kappa shape index (κ2) is 11.5. The SMILES string of the molecule is CC/C(C)=C\CC/C(=C/CC/C(C)=C/C(=O)OC)CC. The molecular formula is C18H30O2. The van der Waals surface area contributed by atoms with Crippen molar-refractivity contribution in [2.24, 2.45) is 0 Å². The van der Waals surface area contributed by atoms with Crippen LogP contribution in [0, 0.1) is 0 Å². The summed E-state index contributed by atoms with van der Waals surface area (Å²) in [5.41, 5.74) is 4.05. The summed E-state index contributed by atoms with van der Waals surface area (Å²) >= 11 is 0. The Balaban J connectivity index is 4.19. The summed E-state index contributed by atoms with van der Waals surface area (Å²) in [5, 5.41) is 0. The van der Waals surface area contributed by atoms with Crippen molar-refractivity contribution in [3.63, 3.8) is 0 Å². The molecule has 0 atom stereocenters. The third kappa shape index (κ3) is 9.60. The molecule has 0 unspecified atom stereocenters. The van der Waals surface area contributed by atoms with E-state index in [0.717, 1.165) is 44.1 Å². The number of methoxy groups -OCH3 is 1. The number of carbonyl (C=O) groups excluding carboxylic acids is 1. The van der Waals surface area contributed by atoms with E-state index in [4.69, 9.17) is 0 Å². The highest BCUT2D eigenvalue weighted by molar-refractivity contribution is 5.82. The third-order valence-electron chi connectivity index (χ3n) is 3.51. The number of esters is 1. The van der Waals surface area contributed by atoms with Gasteiger partial charge < -0.3 is 4.74 Å². The van der Waals surface area contributed by atoms with Gasteiger partial charge in [0.1, 0.15) is 0 Å². The van der Waals surface area contributed by atoms with Crippen LogP contribution in [0.5, 0.6) is 0 Å². The lowest BCUT2D eigenvalue weighted by Gasteiger charge is -2.04. The second-order valence-corrected chi connectivity index (χ2v) is 5.21. The molecule has 2 nitrogen and oxygen atoms in total. The summed E-state index contributed by atoms with van der Waals surface area (Å²) < 4.78 is 4.62. The van der Waals surface area contributed by atoms with Gasteiger partial charge in [0.15, 0.2) is 0 Å². The molecule has 114 valence electrons. The van der Waals surface area contributed by atoms with Crippen molar-refractivity contribution in [1.82, 2.24) is 0 Å². The van der Waals surface area contributed by atoms with Gasteiger partial charge in [-0.15, -0.1) is 0 Å². The average Bonchev–Trinajstić information content (AvgIpc) is 2.44. The van der Waals surface area contributed by atoms with Crippen molar-refractivity contribution in [2.45, 2.75) is 66.2 Å². The first kappa shape index (κ1) is 18.7. The zero-order valence-corrected chi connectivity index (χ0v) is 13.8. The van der Waals surface area contributed by atoms with Crippen LogP contribution in [0.2, 0.25) is 0 Å². The van der Waals surface area contributed by atoms with E-state index in [1.54, 1.807) is 6.08 Å². The molecule has 20 heavy (non-hydrogen) atoms. The second-order valence-electron chi connectivity index (χ2n) is 5.21. The lowest BCUT2D eigenvalue weighted by atomic mass is 10.0. The van der Waals surface area contributed by atoms with E-state index >= 15 is 0 Å². The Morgan fingerprint density at radius 2 is 1.60 bits per heavy atom. The molecule has 0 spiro atoms. The third-order valence-corrected chi connectivity index (χ3v) is 3.51. The number of carbonyl (C=O) groups is 1. The first-order valence-electron chi connectivity index (χ1n) is 7.62. The molecule has 0 aliphatic carbocycles. The topological polar surface area (TPSA) is 26.3 Å². The van der Waals surface area contributed by atoms with E-state index in [1.807, 2.05) is 6.92 Å². The molecule has 0 heterocycles. The predicted octanol–water partition coefficient (Wildman–Crippen LogP) is 5.36. The van der Waals surface area contributed by atoms with Crippen molar-refractivity contribution in [3.05, 3.63) is 34.9 Å². The Labute approximate surface area is 124 Å². The fourth-order valence-electron chi connectivity index (χ4n) is 1.91. The Hall–Kier alpha value is -1.31. The molecular weight excluding hydrogens is 248 g/mol. The van der Waals surface area contributed by atoms with Gasteiger partial charge in [-0.25, -0.2) is 4.79 Å². The predicted molar refractivity (Wildman–Crippen MR) is 86.7 cm³/mol. The van der Waals surface area contributed by atoms with Crippen molar-refractivity contribution in [3.8, 4) is 0 Å². The number of hydrogen-bond donors (Lipinski definition) is 0. The van der Waals surface area contributed by atoms with Crippen LogP contribution in [0.25, 0.3) is 0 Å². The Bertz CT molecular complexity index is 373. The Morgan fingerprint density at radius 1 is 0.950 bits per heavy atom. The standard InChI is InChI=1S/C18H30O2/c1-6-15(3)10-8-12-17(7-2)13-9-11-16(4)14-18(19)20-5/h10,13-14H,6-9,11-12H2,1-5H3/b15-10-,16-14+,17-13+. The summed E-state index contributed by atoms with van der Waals surface area (Å²) in [6.07, 6.45) is 12.7. The number of ether oxygens (including phenoxy) is 1. The van der Waals surface area contributed by atoms with Gasteiger partial charge in [-0.1, -0.05) is 42.7 Å². The van der Waals surface area contributed by atoms with Crippen LogP contribution in [0.1, 0.15) is 66.2 Å². The maximum atomic E-state index is 11.1. The molecule has 0 amide bonds. The van der Waals surface area contributed by atoms with E-state index in [2.05, 4.69) is 37.7 Å².